The maximum atomic E-state index is 13.0. The highest BCUT2D eigenvalue weighted by Gasteiger charge is 2.29. The molecule has 9 nitrogen and oxygen atoms in total. The number of hydrogen-bond donors (Lipinski definition) is 3. The Bertz CT molecular complexity index is 1300. The van der Waals surface area contributed by atoms with Gasteiger partial charge >= 0.3 is 0 Å². The predicted molar refractivity (Wildman–Crippen MR) is 313 cm³/mol. The molecule has 0 heterocycles. The first kappa shape index (κ1) is 71.7. The number of aliphatic hydroxyl groups excluding tert-OH is 2. The van der Waals surface area contributed by atoms with Crippen molar-refractivity contribution < 1.29 is 38.0 Å². The fourth-order valence-electron chi connectivity index (χ4n) is 9.59. The molecule has 4 unspecified atom stereocenters. The lowest BCUT2D eigenvalue weighted by atomic mass is 10.0. The Balaban J connectivity index is 3.94. The van der Waals surface area contributed by atoms with E-state index in [1.807, 2.05) is 28.1 Å². The number of amides is 1. The molecule has 0 fully saturated rings. The normalized spacial score (nSPS) is 14.5. The van der Waals surface area contributed by atoms with Crippen LogP contribution in [0.5, 0.6) is 0 Å². The van der Waals surface area contributed by atoms with Gasteiger partial charge in [-0.2, -0.15) is 0 Å². The number of phosphoric ester groups is 1. The summed E-state index contributed by atoms with van der Waals surface area (Å²) in [4.78, 5) is 25.5. The molecule has 10 heteroatoms. The molecule has 1 amide bonds. The van der Waals surface area contributed by atoms with E-state index in [1.165, 1.54) is 218 Å². The van der Waals surface area contributed by atoms with E-state index in [9.17, 15) is 24.5 Å². The second-order valence-corrected chi connectivity index (χ2v) is 24.3. The molecule has 0 spiro atoms. The summed E-state index contributed by atoms with van der Waals surface area (Å²) in [6, 6.07) is -1.10. The van der Waals surface area contributed by atoms with Crippen LogP contribution in [0.3, 0.4) is 0 Å². The number of quaternary nitrogens is 1. The van der Waals surface area contributed by atoms with Crippen LogP contribution >= 0.6 is 7.82 Å². The first-order valence-corrected chi connectivity index (χ1v) is 32.8. The topological polar surface area (TPSA) is 128 Å². The molecule has 0 aromatic carbocycles. The molecule has 4 atom stereocenters. The van der Waals surface area contributed by atoms with Crippen LogP contribution in [-0.4, -0.2) is 79.8 Å². The highest BCUT2D eigenvalue weighted by molar-refractivity contribution is 7.45. The summed E-state index contributed by atoms with van der Waals surface area (Å²) >= 11 is 0. The van der Waals surface area contributed by atoms with Crippen LogP contribution in [0.4, 0.5) is 0 Å². The zero-order chi connectivity index (χ0) is 53.6. The molecule has 0 aliphatic carbocycles. The van der Waals surface area contributed by atoms with Gasteiger partial charge in [0, 0.05) is 6.42 Å². The van der Waals surface area contributed by atoms with Gasteiger partial charge in [0.25, 0.3) is 7.82 Å². The van der Waals surface area contributed by atoms with Crippen molar-refractivity contribution >= 4 is 13.7 Å². The SMILES string of the molecule is C/C=C/CC/C=C/CC/C=C/CCCC(O)C(O)C(COP(=O)([O-])OCC[N+](C)(C)C)NC(=O)CCCCCCCCCCCCCCCCCCCCCCCCCCCCCCCCCCCCCCC. The average molecular weight is 1050 g/mol. The second kappa shape index (κ2) is 54.1. The van der Waals surface area contributed by atoms with Crippen molar-refractivity contribution in [1.82, 2.24) is 5.32 Å². The van der Waals surface area contributed by atoms with Crippen LogP contribution in [0, 0.1) is 0 Å². The van der Waals surface area contributed by atoms with Gasteiger partial charge < -0.3 is 34.0 Å². The number of aliphatic hydroxyl groups is 2. The first-order valence-electron chi connectivity index (χ1n) is 31.4. The fourth-order valence-corrected chi connectivity index (χ4v) is 10.3. The minimum absolute atomic E-state index is 0.0490. The van der Waals surface area contributed by atoms with Gasteiger partial charge in [-0.1, -0.05) is 275 Å². The smallest absolute Gasteiger partial charge is 0.268 e. The summed E-state index contributed by atoms with van der Waals surface area (Å²) < 4.78 is 23.2. The van der Waals surface area contributed by atoms with E-state index >= 15 is 0 Å². The Morgan fingerprint density at radius 1 is 0.507 bits per heavy atom. The molecule has 0 bridgehead atoms. The van der Waals surface area contributed by atoms with Gasteiger partial charge in [0.05, 0.1) is 39.9 Å². The summed E-state index contributed by atoms with van der Waals surface area (Å²) in [6.45, 7) is 4.23. The maximum Gasteiger partial charge on any atom is 0.268 e. The van der Waals surface area contributed by atoms with Gasteiger partial charge in [-0.25, -0.2) is 0 Å². The summed E-state index contributed by atoms with van der Waals surface area (Å²) in [5.74, 6) is -0.290. The van der Waals surface area contributed by atoms with Crippen LogP contribution in [0.1, 0.15) is 303 Å². The summed E-state index contributed by atoms with van der Waals surface area (Å²) in [6.07, 6.45) is 67.1. The number of carbonyl (C=O) groups is 1. The minimum Gasteiger partial charge on any atom is -0.756 e. The Kier molecular flexibility index (Phi) is 53.1. The van der Waals surface area contributed by atoms with Crippen LogP contribution in [-0.2, 0) is 18.4 Å². The van der Waals surface area contributed by atoms with Crippen molar-refractivity contribution in [1.29, 1.82) is 0 Å². The number of likely N-dealkylation sites (N-methyl/N-ethyl adjacent to an activating group) is 1. The number of nitrogens with one attached hydrogen (secondary N) is 1. The minimum atomic E-state index is -4.68. The third-order valence-corrected chi connectivity index (χ3v) is 15.5. The average Bonchev–Trinajstić information content (AvgIpc) is 3.35. The zero-order valence-electron chi connectivity index (χ0n) is 49.0. The lowest BCUT2D eigenvalue weighted by Gasteiger charge is -2.31. The summed E-state index contributed by atoms with van der Waals surface area (Å²) in [5, 5.41) is 24.7. The number of unbranched alkanes of at least 4 members (excludes halogenated alkanes) is 39. The monoisotopic (exact) mass is 1050 g/mol. The quantitative estimate of drug-likeness (QED) is 0.0239. The lowest BCUT2D eigenvalue weighted by molar-refractivity contribution is -0.870. The molecule has 0 rings (SSSR count). The first-order chi connectivity index (χ1) is 35.4. The molecule has 73 heavy (non-hydrogen) atoms. The Morgan fingerprint density at radius 3 is 1.18 bits per heavy atom. The van der Waals surface area contributed by atoms with Crippen molar-refractivity contribution in [2.45, 2.75) is 321 Å². The number of carbonyl (C=O) groups excluding carboxylic acids is 1. The van der Waals surface area contributed by atoms with E-state index in [2.05, 4.69) is 48.7 Å². The third kappa shape index (κ3) is 55.3. The highest BCUT2D eigenvalue weighted by Crippen LogP contribution is 2.38. The molecule has 0 radical (unpaired) electrons. The maximum absolute atomic E-state index is 13.0. The van der Waals surface area contributed by atoms with Gasteiger partial charge in [0.2, 0.25) is 5.91 Å². The molecular formula is C63H123N2O7P. The molecule has 0 aliphatic rings. The number of hydrogen-bond acceptors (Lipinski definition) is 7. The molecule has 0 saturated carbocycles. The lowest BCUT2D eigenvalue weighted by Crippen LogP contribution is -2.51. The van der Waals surface area contributed by atoms with E-state index < -0.39 is 32.7 Å². The van der Waals surface area contributed by atoms with Crippen LogP contribution < -0.4 is 10.2 Å². The Labute approximate surface area is 453 Å². The zero-order valence-corrected chi connectivity index (χ0v) is 49.9. The largest absolute Gasteiger partial charge is 0.756 e. The predicted octanol–water partition coefficient (Wildman–Crippen LogP) is 17.7. The number of nitrogens with zero attached hydrogens (tertiary/aromatic N) is 1. The van der Waals surface area contributed by atoms with Crippen molar-refractivity contribution in [2.24, 2.45) is 0 Å². The molecule has 0 saturated heterocycles. The molecule has 0 aromatic heterocycles. The second-order valence-electron chi connectivity index (χ2n) is 22.9. The van der Waals surface area contributed by atoms with Gasteiger partial charge in [0.15, 0.2) is 0 Å². The van der Waals surface area contributed by atoms with E-state index in [1.54, 1.807) is 0 Å². The van der Waals surface area contributed by atoms with Crippen LogP contribution in [0.2, 0.25) is 0 Å². The van der Waals surface area contributed by atoms with Crippen LogP contribution in [0.15, 0.2) is 36.5 Å². The Hall–Kier alpha value is -1.32. The van der Waals surface area contributed by atoms with Crippen molar-refractivity contribution in [3.63, 3.8) is 0 Å². The molecule has 0 aliphatic heterocycles. The summed E-state index contributed by atoms with van der Waals surface area (Å²) in [7, 11) is 1.10. The van der Waals surface area contributed by atoms with Gasteiger partial charge in [-0.05, 0) is 58.3 Å². The highest BCUT2D eigenvalue weighted by atomic mass is 31.2. The van der Waals surface area contributed by atoms with E-state index in [0.29, 0.717) is 30.3 Å². The number of rotatable bonds is 58. The summed E-state index contributed by atoms with van der Waals surface area (Å²) in [5.41, 5.74) is 0. The standard InChI is InChI=1S/C63H123N2O7P/c1-6-8-10-12-14-16-18-20-21-22-23-24-25-26-27-28-29-30-31-32-33-34-35-36-37-38-39-40-41-42-43-44-46-48-50-52-54-56-62(67)64-60(59-72-73(69,70)71-58-57-65(3,4)5)63(68)61(66)55-53-51-49-47-45-19-17-15-13-11-9-7-2/h7,9,15,17,47,49,60-61,63,66,68H,6,8,10-14,16,18-46,48,50-59H2,1-5H3,(H-,64,67,69,70)/b9-7+,17-15+,49-47+. The van der Waals surface area contributed by atoms with Gasteiger partial charge in [0.1, 0.15) is 19.3 Å². The van der Waals surface area contributed by atoms with E-state index in [4.69, 9.17) is 9.05 Å². The molecule has 0 aromatic rings. The van der Waals surface area contributed by atoms with Gasteiger partial charge in [-0.3, -0.25) is 9.36 Å². The van der Waals surface area contributed by atoms with Crippen molar-refractivity contribution in [3.8, 4) is 0 Å². The Morgan fingerprint density at radius 2 is 0.836 bits per heavy atom. The third-order valence-electron chi connectivity index (χ3n) is 14.5. The van der Waals surface area contributed by atoms with E-state index in [-0.39, 0.29) is 18.9 Å². The van der Waals surface area contributed by atoms with Gasteiger partial charge in [-0.15, -0.1) is 0 Å². The molecule has 3 N–H and O–H groups in total. The molecular weight excluding hydrogens is 928 g/mol. The number of allylic oxidation sites excluding steroid dienone is 6. The molecule has 432 valence electrons. The number of phosphoric acid groups is 1. The van der Waals surface area contributed by atoms with E-state index in [0.717, 1.165) is 44.9 Å². The fraction of sp³-hybridized carbons (Fsp3) is 0.889. The van der Waals surface area contributed by atoms with Crippen LogP contribution in [0.25, 0.3) is 0 Å². The van der Waals surface area contributed by atoms with Crippen molar-refractivity contribution in [2.75, 3.05) is 40.9 Å². The van der Waals surface area contributed by atoms with Crippen molar-refractivity contribution in [3.05, 3.63) is 36.5 Å².